The smallest absolute Gasteiger partial charge is 0.269 e. The van der Waals surface area contributed by atoms with E-state index in [1.807, 2.05) is 6.07 Å². The minimum atomic E-state index is -0.431. The van der Waals surface area contributed by atoms with Crippen LogP contribution in [-0.2, 0) is 0 Å². The van der Waals surface area contributed by atoms with Crippen molar-refractivity contribution >= 4 is 34.5 Å². The number of fused-ring (bicyclic) bond motifs is 6. The van der Waals surface area contributed by atoms with E-state index < -0.39 is 4.92 Å². The van der Waals surface area contributed by atoms with Gasteiger partial charge in [0.25, 0.3) is 5.69 Å². The van der Waals surface area contributed by atoms with Crippen molar-refractivity contribution in [1.29, 1.82) is 0 Å². The number of nitro benzene ring substituents is 1. The van der Waals surface area contributed by atoms with Crippen LogP contribution >= 0.6 is 11.6 Å². The molecule has 0 aromatic heterocycles. The summed E-state index contributed by atoms with van der Waals surface area (Å²) in [4.78, 5) is 37.7. The third-order valence-electron chi connectivity index (χ3n) is 6.94. The van der Waals surface area contributed by atoms with Crippen molar-refractivity contribution in [3.8, 4) is 0 Å². The molecule has 0 fully saturated rings. The summed E-state index contributed by atoms with van der Waals surface area (Å²) in [5, 5.41) is 15.3. The van der Waals surface area contributed by atoms with Crippen LogP contribution in [0.1, 0.15) is 61.4 Å². The van der Waals surface area contributed by atoms with Crippen LogP contribution < -0.4 is 5.32 Å². The SMILES string of the molecule is O=C1c2ccccc2C(=O)c2c1ccc1c2[C@@H]2C=CC[C@@H]2[C@H](c2cc([N+](=O)[O-])ccc2Cl)N1. The predicted molar refractivity (Wildman–Crippen MR) is 124 cm³/mol. The maximum atomic E-state index is 13.5. The summed E-state index contributed by atoms with van der Waals surface area (Å²) in [7, 11) is 0. The molecule has 1 aliphatic heterocycles. The lowest BCUT2D eigenvalue weighted by Crippen LogP contribution is -2.32. The lowest BCUT2D eigenvalue weighted by atomic mass is 9.71. The van der Waals surface area contributed by atoms with Gasteiger partial charge in [-0.25, -0.2) is 0 Å². The first-order valence-electron chi connectivity index (χ1n) is 10.7. The van der Waals surface area contributed by atoms with E-state index in [2.05, 4.69) is 17.5 Å². The maximum absolute atomic E-state index is 13.5. The highest BCUT2D eigenvalue weighted by molar-refractivity contribution is 6.31. The number of nitrogens with zero attached hydrogens (tertiary/aromatic N) is 1. The molecule has 33 heavy (non-hydrogen) atoms. The van der Waals surface area contributed by atoms with Crippen LogP contribution in [0, 0.1) is 16.0 Å². The molecule has 2 aliphatic carbocycles. The summed E-state index contributed by atoms with van der Waals surface area (Å²) in [6, 6.07) is 14.6. The van der Waals surface area contributed by atoms with Gasteiger partial charge in [0.1, 0.15) is 0 Å². The summed E-state index contributed by atoms with van der Waals surface area (Å²) < 4.78 is 0. The van der Waals surface area contributed by atoms with Crippen LogP contribution in [0.4, 0.5) is 11.4 Å². The van der Waals surface area contributed by atoms with Gasteiger partial charge in [0, 0.05) is 56.6 Å². The highest BCUT2D eigenvalue weighted by atomic mass is 35.5. The van der Waals surface area contributed by atoms with E-state index in [9.17, 15) is 19.7 Å². The molecule has 0 spiro atoms. The minimum Gasteiger partial charge on any atom is -0.378 e. The first-order valence-corrected chi connectivity index (χ1v) is 11.1. The molecule has 3 atom stereocenters. The van der Waals surface area contributed by atoms with E-state index in [4.69, 9.17) is 11.6 Å². The van der Waals surface area contributed by atoms with Crippen LogP contribution in [0.2, 0.25) is 5.02 Å². The molecule has 0 unspecified atom stereocenters. The number of allylic oxidation sites excluding steroid dienone is 2. The normalized spacial score (nSPS) is 22.2. The number of hydrogen-bond acceptors (Lipinski definition) is 5. The number of ketones is 2. The molecule has 3 aliphatic rings. The number of hydrogen-bond donors (Lipinski definition) is 1. The van der Waals surface area contributed by atoms with Gasteiger partial charge >= 0.3 is 0 Å². The number of benzene rings is 3. The Bertz CT molecular complexity index is 1430. The number of carbonyl (C=O) groups excluding carboxylic acids is 2. The van der Waals surface area contributed by atoms with Gasteiger partial charge in [-0.3, -0.25) is 19.7 Å². The summed E-state index contributed by atoms with van der Waals surface area (Å²) >= 11 is 6.48. The number of non-ortho nitro benzene ring substituents is 1. The Morgan fingerprint density at radius 1 is 0.970 bits per heavy atom. The Hall–Kier alpha value is -3.77. The molecule has 0 saturated heterocycles. The quantitative estimate of drug-likeness (QED) is 0.232. The third kappa shape index (κ3) is 2.80. The molecule has 162 valence electrons. The second-order valence-electron chi connectivity index (χ2n) is 8.59. The van der Waals surface area contributed by atoms with Crippen molar-refractivity contribution in [1.82, 2.24) is 0 Å². The summed E-state index contributed by atoms with van der Waals surface area (Å²) in [6.45, 7) is 0. The van der Waals surface area contributed by atoms with Crippen LogP contribution in [0.5, 0.6) is 0 Å². The Balaban J connectivity index is 1.52. The van der Waals surface area contributed by atoms with Crippen LogP contribution in [0.3, 0.4) is 0 Å². The Morgan fingerprint density at radius 2 is 1.73 bits per heavy atom. The van der Waals surface area contributed by atoms with E-state index in [1.165, 1.54) is 12.1 Å². The van der Waals surface area contributed by atoms with Crippen molar-refractivity contribution in [2.75, 3.05) is 5.32 Å². The van der Waals surface area contributed by atoms with Crippen molar-refractivity contribution in [2.45, 2.75) is 18.4 Å². The molecule has 0 radical (unpaired) electrons. The Kier molecular flexibility index (Phi) is 4.29. The van der Waals surface area contributed by atoms with Gasteiger partial charge in [0.2, 0.25) is 0 Å². The first-order chi connectivity index (χ1) is 16.0. The van der Waals surface area contributed by atoms with E-state index in [1.54, 1.807) is 36.4 Å². The van der Waals surface area contributed by atoms with Gasteiger partial charge < -0.3 is 5.32 Å². The fraction of sp³-hybridized carbons (Fsp3) is 0.154. The zero-order valence-corrected chi connectivity index (χ0v) is 18.0. The summed E-state index contributed by atoms with van der Waals surface area (Å²) in [6.07, 6.45) is 4.86. The average molecular weight is 457 g/mol. The van der Waals surface area contributed by atoms with E-state index >= 15 is 0 Å². The molecule has 1 N–H and O–H groups in total. The van der Waals surface area contributed by atoms with Gasteiger partial charge in [-0.15, -0.1) is 0 Å². The zero-order valence-electron chi connectivity index (χ0n) is 17.2. The van der Waals surface area contributed by atoms with Gasteiger partial charge in [-0.05, 0) is 36.1 Å². The number of carbonyl (C=O) groups is 2. The van der Waals surface area contributed by atoms with Gasteiger partial charge in [0.05, 0.1) is 11.0 Å². The number of anilines is 1. The number of nitrogens with one attached hydrogen (secondary N) is 1. The van der Waals surface area contributed by atoms with Crippen LogP contribution in [0.15, 0.2) is 66.7 Å². The molecule has 7 heteroatoms. The topological polar surface area (TPSA) is 89.3 Å². The molecule has 3 aromatic carbocycles. The second-order valence-corrected chi connectivity index (χ2v) is 9.00. The molecular formula is C26H17ClN2O4. The fourth-order valence-corrected chi connectivity index (χ4v) is 5.71. The van der Waals surface area contributed by atoms with Crippen LogP contribution in [-0.4, -0.2) is 16.5 Å². The highest BCUT2D eigenvalue weighted by Gasteiger charge is 2.43. The monoisotopic (exact) mass is 456 g/mol. The van der Waals surface area contributed by atoms with Gasteiger partial charge in [-0.1, -0.05) is 48.0 Å². The lowest BCUT2D eigenvalue weighted by Gasteiger charge is -2.39. The molecule has 0 amide bonds. The summed E-state index contributed by atoms with van der Waals surface area (Å²) in [5.74, 6) is -0.405. The van der Waals surface area contributed by atoms with Crippen LogP contribution in [0.25, 0.3) is 0 Å². The van der Waals surface area contributed by atoms with Crippen molar-refractivity contribution in [3.63, 3.8) is 0 Å². The van der Waals surface area contributed by atoms with E-state index in [0.717, 1.165) is 17.7 Å². The Morgan fingerprint density at radius 3 is 2.48 bits per heavy atom. The van der Waals surface area contributed by atoms with Crippen molar-refractivity contribution in [2.24, 2.45) is 5.92 Å². The molecule has 1 heterocycles. The molecule has 3 aromatic rings. The van der Waals surface area contributed by atoms with Crippen molar-refractivity contribution < 1.29 is 14.5 Å². The highest BCUT2D eigenvalue weighted by Crippen LogP contribution is 2.53. The standard InChI is InChI=1S/C26H17ClN2O4/c27-20-10-8-13(29(32)33)12-19(20)24-15-7-3-6-14(15)22-21(28-24)11-9-18-23(22)26(31)17-5-2-1-4-16(17)25(18)30/h1-6,8-12,14-15,24,28H,7H2/t14-,15+,24-/m1/s1. The zero-order chi connectivity index (χ0) is 22.9. The molecular weight excluding hydrogens is 440 g/mol. The number of halogens is 1. The predicted octanol–water partition coefficient (Wildman–Crippen LogP) is 5.85. The van der Waals surface area contributed by atoms with Crippen molar-refractivity contribution in [3.05, 3.63) is 115 Å². The fourth-order valence-electron chi connectivity index (χ4n) is 5.48. The molecule has 6 nitrogen and oxygen atoms in total. The number of rotatable bonds is 2. The Labute approximate surface area is 194 Å². The largest absolute Gasteiger partial charge is 0.378 e. The number of nitro groups is 1. The van der Waals surface area contributed by atoms with E-state index in [-0.39, 0.29) is 35.1 Å². The minimum absolute atomic E-state index is 0.00331. The van der Waals surface area contributed by atoms with Gasteiger partial charge in [-0.2, -0.15) is 0 Å². The molecule has 0 saturated carbocycles. The molecule has 0 bridgehead atoms. The molecule has 6 rings (SSSR count). The van der Waals surface area contributed by atoms with Gasteiger partial charge in [0.15, 0.2) is 11.6 Å². The third-order valence-corrected chi connectivity index (χ3v) is 7.29. The average Bonchev–Trinajstić information content (AvgIpc) is 3.32. The maximum Gasteiger partial charge on any atom is 0.269 e. The first kappa shape index (κ1) is 19.9. The van der Waals surface area contributed by atoms with E-state index in [0.29, 0.717) is 32.8 Å². The lowest BCUT2D eigenvalue weighted by molar-refractivity contribution is -0.384. The summed E-state index contributed by atoms with van der Waals surface area (Å²) in [5.41, 5.74) is 3.92. The second kappa shape index (κ2) is 7.12.